The van der Waals surface area contributed by atoms with Crippen LogP contribution in [-0.4, -0.2) is 46.9 Å². The van der Waals surface area contributed by atoms with Gasteiger partial charge in [-0.05, 0) is 51.3 Å². The summed E-state index contributed by atoms with van der Waals surface area (Å²) in [5.74, 6) is -0.705. The molecule has 1 aliphatic rings. The number of hydrogen-bond donors (Lipinski definition) is 2. The number of amides is 2. The van der Waals surface area contributed by atoms with Crippen LogP contribution in [0, 0.1) is 10.1 Å². The molecule has 0 bridgehead atoms. The van der Waals surface area contributed by atoms with Gasteiger partial charge in [0.1, 0.15) is 18.3 Å². The van der Waals surface area contributed by atoms with E-state index in [1.807, 2.05) is 30.3 Å². The molecule has 2 aromatic carbocycles. The van der Waals surface area contributed by atoms with Crippen LogP contribution in [0.2, 0.25) is 0 Å². The Morgan fingerprint density at radius 2 is 1.65 bits per heavy atom. The third-order valence-corrected chi connectivity index (χ3v) is 5.60. The summed E-state index contributed by atoms with van der Waals surface area (Å²) in [5.41, 5.74) is 0.102. The Bertz CT molecular complexity index is 1100. The molecule has 0 heterocycles. The number of ether oxygens (including phenoxy) is 3. The number of carbonyl (C=O) groups excluding carboxylic acids is 3. The summed E-state index contributed by atoms with van der Waals surface area (Å²) in [4.78, 5) is 47.9. The topological polar surface area (TPSA) is 146 Å². The fourth-order valence-electron chi connectivity index (χ4n) is 3.87. The van der Waals surface area contributed by atoms with E-state index in [2.05, 4.69) is 10.6 Å². The van der Waals surface area contributed by atoms with E-state index >= 15 is 0 Å². The normalized spacial score (nSPS) is 19.3. The van der Waals surface area contributed by atoms with E-state index < -0.39 is 40.8 Å². The first-order chi connectivity index (χ1) is 17.5. The molecule has 3 rings (SSSR count). The second kappa shape index (κ2) is 12.2. The Labute approximate surface area is 214 Å². The Morgan fingerprint density at radius 1 is 0.973 bits per heavy atom. The van der Waals surface area contributed by atoms with Crippen molar-refractivity contribution in [2.24, 2.45) is 0 Å². The van der Waals surface area contributed by atoms with Crippen LogP contribution in [0.3, 0.4) is 0 Å². The average Bonchev–Trinajstić information content (AvgIpc) is 2.84. The molecule has 2 N–H and O–H groups in total. The first-order valence-electron chi connectivity index (χ1n) is 11.9. The zero-order valence-corrected chi connectivity index (χ0v) is 21.0. The lowest BCUT2D eigenvalue weighted by Gasteiger charge is -2.36. The Kier molecular flexibility index (Phi) is 9.05. The van der Waals surface area contributed by atoms with Crippen molar-refractivity contribution in [3.63, 3.8) is 0 Å². The van der Waals surface area contributed by atoms with Crippen molar-refractivity contribution in [3.05, 3.63) is 75.8 Å². The molecule has 3 atom stereocenters. The van der Waals surface area contributed by atoms with Gasteiger partial charge in [-0.2, -0.15) is 0 Å². The van der Waals surface area contributed by atoms with Crippen molar-refractivity contribution in [2.45, 2.75) is 70.4 Å². The van der Waals surface area contributed by atoms with Crippen LogP contribution < -0.4 is 10.6 Å². The van der Waals surface area contributed by atoms with Crippen molar-refractivity contribution in [1.82, 2.24) is 10.6 Å². The first kappa shape index (κ1) is 27.4. The summed E-state index contributed by atoms with van der Waals surface area (Å²) in [6, 6.07) is 13.3. The summed E-state index contributed by atoms with van der Waals surface area (Å²) in [6.45, 7) is 5.32. The maximum Gasteiger partial charge on any atom is 0.408 e. The van der Waals surface area contributed by atoms with Gasteiger partial charge in [0.25, 0.3) is 5.69 Å². The van der Waals surface area contributed by atoms with Crippen LogP contribution >= 0.6 is 0 Å². The van der Waals surface area contributed by atoms with Crippen molar-refractivity contribution in [2.75, 3.05) is 0 Å². The van der Waals surface area contributed by atoms with Gasteiger partial charge < -0.3 is 24.8 Å². The van der Waals surface area contributed by atoms with Gasteiger partial charge in [-0.3, -0.25) is 10.1 Å². The molecule has 11 heteroatoms. The Balaban J connectivity index is 1.65. The monoisotopic (exact) mass is 513 g/mol. The number of hydrogen-bond acceptors (Lipinski definition) is 8. The summed E-state index contributed by atoms with van der Waals surface area (Å²) in [5, 5.41) is 16.4. The van der Waals surface area contributed by atoms with Crippen molar-refractivity contribution in [1.29, 1.82) is 0 Å². The zero-order chi connectivity index (χ0) is 27.0. The number of carbonyl (C=O) groups is 3. The molecule has 11 nitrogen and oxygen atoms in total. The molecule has 0 aliphatic heterocycles. The molecule has 2 aromatic rings. The first-order valence-corrected chi connectivity index (χ1v) is 11.9. The van der Waals surface area contributed by atoms with E-state index in [0.717, 1.165) is 5.56 Å². The van der Waals surface area contributed by atoms with Crippen LogP contribution in [0.1, 0.15) is 56.0 Å². The average molecular weight is 514 g/mol. The van der Waals surface area contributed by atoms with Crippen molar-refractivity contribution >= 4 is 23.8 Å². The highest BCUT2D eigenvalue weighted by Crippen LogP contribution is 2.25. The summed E-state index contributed by atoms with van der Waals surface area (Å²) >= 11 is 0. The number of non-ortho nitro benzene ring substituents is 1. The highest BCUT2D eigenvalue weighted by molar-refractivity contribution is 5.89. The molecule has 0 unspecified atom stereocenters. The maximum absolute atomic E-state index is 12.8. The minimum Gasteiger partial charge on any atom is -0.457 e. The van der Waals surface area contributed by atoms with Crippen molar-refractivity contribution < 1.29 is 33.5 Å². The molecule has 0 saturated heterocycles. The SMILES string of the molecule is CC(C)(C)OC(=O)N[C@@H]1CC[C@@H](NC(=O)OCc2ccccc2)C[C@@H]1OC(=O)c1ccc([N+](=O)[O-])cc1. The molecule has 37 heavy (non-hydrogen) atoms. The minimum atomic E-state index is -0.789. The lowest BCUT2D eigenvalue weighted by Crippen LogP contribution is -2.53. The molecule has 2 amide bonds. The lowest BCUT2D eigenvalue weighted by atomic mass is 9.88. The predicted octanol–water partition coefficient (Wildman–Crippen LogP) is 4.49. The van der Waals surface area contributed by atoms with E-state index in [0.29, 0.717) is 12.8 Å². The van der Waals surface area contributed by atoms with Crippen LogP contribution in [0.25, 0.3) is 0 Å². The second-order valence-electron chi connectivity index (χ2n) is 9.72. The second-order valence-corrected chi connectivity index (χ2v) is 9.72. The number of rotatable bonds is 7. The van der Waals surface area contributed by atoms with Gasteiger partial charge in [-0.15, -0.1) is 0 Å². The summed E-state index contributed by atoms with van der Waals surface area (Å²) < 4.78 is 16.3. The van der Waals surface area contributed by atoms with E-state index in [4.69, 9.17) is 14.2 Å². The maximum atomic E-state index is 12.8. The fraction of sp³-hybridized carbons (Fsp3) is 0.423. The number of benzene rings is 2. The fourth-order valence-corrected chi connectivity index (χ4v) is 3.87. The summed E-state index contributed by atoms with van der Waals surface area (Å²) in [7, 11) is 0. The molecule has 1 aliphatic carbocycles. The van der Waals surface area contributed by atoms with Gasteiger partial charge in [0.2, 0.25) is 0 Å². The van der Waals surface area contributed by atoms with E-state index in [1.54, 1.807) is 20.8 Å². The standard InChI is InChI=1S/C26H31N3O8/c1-26(2,3)37-25(32)28-21-14-11-19(27-24(31)35-16-17-7-5-4-6-8-17)15-22(21)36-23(30)18-9-12-20(13-10-18)29(33)34/h4-10,12-13,19,21-22H,11,14-16H2,1-3H3,(H,27,31)(H,28,32)/t19-,21-,22+/m1/s1. The van der Waals surface area contributed by atoms with Crippen LogP contribution in [-0.2, 0) is 20.8 Å². The molecule has 0 radical (unpaired) electrons. The predicted molar refractivity (Wildman–Crippen MR) is 133 cm³/mol. The van der Waals surface area contributed by atoms with E-state index in [-0.39, 0.29) is 30.3 Å². The van der Waals surface area contributed by atoms with Crippen LogP contribution in [0.4, 0.5) is 15.3 Å². The quantitative estimate of drug-likeness (QED) is 0.238. The van der Waals surface area contributed by atoms with Crippen molar-refractivity contribution in [3.8, 4) is 0 Å². The van der Waals surface area contributed by atoms with Gasteiger partial charge in [-0.25, -0.2) is 14.4 Å². The molecule has 1 fully saturated rings. The van der Waals surface area contributed by atoms with Gasteiger partial charge in [0.15, 0.2) is 0 Å². The van der Waals surface area contributed by atoms with E-state index in [1.165, 1.54) is 24.3 Å². The van der Waals surface area contributed by atoms with Gasteiger partial charge in [0, 0.05) is 24.6 Å². The molecule has 0 aromatic heterocycles. The number of nitrogens with one attached hydrogen (secondary N) is 2. The van der Waals surface area contributed by atoms with Crippen LogP contribution in [0.5, 0.6) is 0 Å². The Morgan fingerprint density at radius 3 is 2.27 bits per heavy atom. The lowest BCUT2D eigenvalue weighted by molar-refractivity contribution is -0.384. The van der Waals surface area contributed by atoms with Gasteiger partial charge in [0.05, 0.1) is 16.5 Å². The number of nitrogens with zero attached hydrogens (tertiary/aromatic N) is 1. The molecule has 0 spiro atoms. The number of alkyl carbamates (subject to hydrolysis) is 2. The number of esters is 1. The largest absolute Gasteiger partial charge is 0.457 e. The summed E-state index contributed by atoms with van der Waals surface area (Å²) in [6.07, 6.45) is -0.911. The zero-order valence-electron chi connectivity index (χ0n) is 21.0. The molecular formula is C26H31N3O8. The highest BCUT2D eigenvalue weighted by atomic mass is 16.6. The number of nitro groups is 1. The molecule has 1 saturated carbocycles. The van der Waals surface area contributed by atoms with E-state index in [9.17, 15) is 24.5 Å². The number of nitro benzene ring substituents is 1. The highest BCUT2D eigenvalue weighted by Gasteiger charge is 2.36. The van der Waals surface area contributed by atoms with Gasteiger partial charge in [-0.1, -0.05) is 30.3 Å². The minimum absolute atomic E-state index is 0.112. The van der Waals surface area contributed by atoms with Crippen LogP contribution in [0.15, 0.2) is 54.6 Å². The third kappa shape index (κ3) is 8.78. The molecule has 198 valence electrons. The smallest absolute Gasteiger partial charge is 0.408 e. The van der Waals surface area contributed by atoms with Gasteiger partial charge >= 0.3 is 18.2 Å². The third-order valence-electron chi connectivity index (χ3n) is 5.60. The molecular weight excluding hydrogens is 482 g/mol. The Hall–Kier alpha value is -4.15.